The van der Waals surface area contributed by atoms with Crippen molar-refractivity contribution in [2.45, 2.75) is 42.0 Å². The fourth-order valence-corrected chi connectivity index (χ4v) is 4.67. The lowest BCUT2D eigenvalue weighted by atomic mass is 10.1. The molecule has 1 unspecified atom stereocenters. The molecule has 128 valence electrons. The Bertz CT molecular complexity index is 515. The first-order chi connectivity index (χ1) is 8.96. The van der Waals surface area contributed by atoms with Crippen LogP contribution >= 0.6 is 0 Å². The summed E-state index contributed by atoms with van der Waals surface area (Å²) in [6.07, 6.45) is -3.72. The van der Waals surface area contributed by atoms with Gasteiger partial charge in [0.2, 0.25) is 0 Å². The van der Waals surface area contributed by atoms with Gasteiger partial charge < -0.3 is 5.11 Å². The molecular weight excluding hydrogens is 354 g/mol. The lowest BCUT2D eigenvalue weighted by molar-refractivity contribution is -0.0478. The first-order valence-electron chi connectivity index (χ1n) is 5.24. The Balaban J connectivity index is 6.10. The van der Waals surface area contributed by atoms with Gasteiger partial charge in [-0.25, -0.2) is 16.8 Å². The average molecular weight is 366 g/mol. The minimum atomic E-state index is -6.68. The maximum absolute atomic E-state index is 12.4. The number of hydrogen-bond donors (Lipinski definition) is 1. The van der Waals surface area contributed by atoms with E-state index in [1.807, 2.05) is 0 Å². The first-order valence-corrected chi connectivity index (χ1v) is 8.34. The van der Waals surface area contributed by atoms with Crippen LogP contribution in [0.1, 0.15) is 20.3 Å². The molecule has 0 spiro atoms. The largest absolute Gasteiger partial charge is 0.498 e. The standard InChI is InChI=1S/C8H12F6O5S2/c1-4(2)5(15)3-6(20(16,17)7(9,10)11)21(18,19)8(12,13)14/h4-6,15H,3H2,1-2H3. The quantitative estimate of drug-likeness (QED) is 0.747. The summed E-state index contributed by atoms with van der Waals surface area (Å²) in [5.41, 5.74) is -12.4. The summed E-state index contributed by atoms with van der Waals surface area (Å²) in [5, 5.41) is 9.29. The van der Waals surface area contributed by atoms with Crippen LogP contribution in [0.2, 0.25) is 0 Å². The lowest BCUT2D eigenvalue weighted by Gasteiger charge is -2.24. The molecule has 5 nitrogen and oxygen atoms in total. The minimum absolute atomic E-state index is 0.945. The number of rotatable bonds is 5. The van der Waals surface area contributed by atoms with Crippen molar-refractivity contribution in [3.05, 3.63) is 0 Å². The van der Waals surface area contributed by atoms with Crippen molar-refractivity contribution in [2.75, 3.05) is 0 Å². The molecule has 0 aromatic heterocycles. The summed E-state index contributed by atoms with van der Waals surface area (Å²) in [4.78, 5) is 0. The molecule has 0 aliphatic rings. The van der Waals surface area contributed by atoms with Crippen LogP contribution in [-0.2, 0) is 19.7 Å². The van der Waals surface area contributed by atoms with Crippen molar-refractivity contribution in [1.29, 1.82) is 0 Å². The van der Waals surface area contributed by atoms with Crippen LogP contribution in [0.15, 0.2) is 0 Å². The highest BCUT2D eigenvalue weighted by Gasteiger charge is 2.63. The second-order valence-corrected chi connectivity index (χ2v) is 9.00. The number of halogens is 6. The van der Waals surface area contributed by atoms with Crippen molar-refractivity contribution >= 4 is 19.7 Å². The first kappa shape index (κ1) is 20.4. The molecule has 0 aliphatic heterocycles. The molecule has 0 saturated heterocycles. The van der Waals surface area contributed by atoms with Gasteiger partial charge in [0, 0.05) is 6.42 Å². The predicted molar refractivity (Wildman–Crippen MR) is 59.2 cm³/mol. The molecule has 0 heterocycles. The fraction of sp³-hybridized carbons (Fsp3) is 1.00. The molecule has 13 heteroatoms. The summed E-state index contributed by atoms with van der Waals surface area (Å²) in [6, 6.07) is 0. The van der Waals surface area contributed by atoms with Crippen LogP contribution in [0.5, 0.6) is 0 Å². The SMILES string of the molecule is CC(C)C(O)CC(S(=O)(=O)C(F)(F)F)S(=O)(=O)C(F)(F)F. The molecule has 0 fully saturated rings. The third-order valence-corrected chi connectivity index (χ3v) is 7.12. The highest BCUT2D eigenvalue weighted by Crippen LogP contribution is 2.38. The van der Waals surface area contributed by atoms with E-state index in [4.69, 9.17) is 0 Å². The highest BCUT2D eigenvalue weighted by atomic mass is 32.3. The Morgan fingerprint density at radius 3 is 1.33 bits per heavy atom. The van der Waals surface area contributed by atoms with Crippen LogP contribution in [0.3, 0.4) is 0 Å². The van der Waals surface area contributed by atoms with E-state index < -0.39 is 53.7 Å². The Labute approximate surface area is 116 Å². The number of hydrogen-bond acceptors (Lipinski definition) is 5. The summed E-state index contributed by atoms with van der Waals surface area (Å²) < 4.78 is 115. The average Bonchev–Trinajstić information content (AvgIpc) is 2.21. The zero-order chi connectivity index (χ0) is 17.4. The third kappa shape index (κ3) is 4.22. The number of sulfone groups is 2. The van der Waals surface area contributed by atoms with Gasteiger partial charge >= 0.3 is 11.0 Å². The Kier molecular flexibility index (Phi) is 5.75. The van der Waals surface area contributed by atoms with E-state index in [0.29, 0.717) is 0 Å². The van der Waals surface area contributed by atoms with Crippen LogP contribution in [0, 0.1) is 5.92 Å². The second kappa shape index (κ2) is 5.91. The molecule has 1 N–H and O–H groups in total. The molecule has 0 aromatic carbocycles. The molecular formula is C8H12F6O5S2. The van der Waals surface area contributed by atoms with Crippen LogP contribution in [-0.4, -0.2) is 43.6 Å². The van der Waals surface area contributed by atoms with Crippen LogP contribution < -0.4 is 0 Å². The molecule has 0 aromatic rings. The van der Waals surface area contributed by atoms with Crippen LogP contribution in [0.4, 0.5) is 26.3 Å². The summed E-state index contributed by atoms with van der Waals surface area (Å²) in [7, 11) is -13.4. The van der Waals surface area contributed by atoms with E-state index in [-0.39, 0.29) is 0 Å². The van der Waals surface area contributed by atoms with Gasteiger partial charge in [0.15, 0.2) is 4.58 Å². The monoisotopic (exact) mass is 366 g/mol. The van der Waals surface area contributed by atoms with Gasteiger partial charge in [-0.3, -0.25) is 0 Å². The molecule has 0 saturated carbocycles. The summed E-state index contributed by atoms with van der Waals surface area (Å²) in [6.45, 7) is 2.34. The van der Waals surface area contributed by atoms with Crippen molar-refractivity contribution in [3.8, 4) is 0 Å². The molecule has 0 amide bonds. The zero-order valence-corrected chi connectivity index (χ0v) is 12.2. The summed E-state index contributed by atoms with van der Waals surface area (Å²) >= 11 is 0. The maximum atomic E-state index is 12.4. The minimum Gasteiger partial charge on any atom is -0.393 e. The second-order valence-electron chi connectivity index (χ2n) is 4.46. The van der Waals surface area contributed by atoms with Gasteiger partial charge in [0.05, 0.1) is 6.10 Å². The van der Waals surface area contributed by atoms with Crippen LogP contribution in [0.25, 0.3) is 0 Å². The van der Waals surface area contributed by atoms with Gasteiger partial charge in [-0.2, -0.15) is 26.3 Å². The number of aliphatic hydroxyl groups is 1. The van der Waals surface area contributed by atoms with Gasteiger partial charge in [0.25, 0.3) is 19.7 Å². The fourth-order valence-electron chi connectivity index (χ4n) is 1.19. The van der Waals surface area contributed by atoms with Crippen molar-refractivity contribution in [1.82, 2.24) is 0 Å². The lowest BCUT2D eigenvalue weighted by Crippen LogP contribution is -2.46. The molecule has 0 rings (SSSR count). The normalized spacial score (nSPS) is 16.5. The number of alkyl halides is 6. The Hall–Kier alpha value is -0.560. The molecule has 21 heavy (non-hydrogen) atoms. The number of aliphatic hydroxyl groups excluding tert-OH is 1. The van der Waals surface area contributed by atoms with Gasteiger partial charge in [0.1, 0.15) is 0 Å². The molecule has 0 radical (unpaired) electrons. The topological polar surface area (TPSA) is 88.5 Å². The van der Waals surface area contributed by atoms with Gasteiger partial charge in [-0.15, -0.1) is 0 Å². The van der Waals surface area contributed by atoms with Crippen molar-refractivity contribution in [2.24, 2.45) is 5.92 Å². The van der Waals surface area contributed by atoms with E-state index in [0.717, 1.165) is 0 Å². The van der Waals surface area contributed by atoms with E-state index in [9.17, 15) is 48.3 Å². The van der Waals surface area contributed by atoms with Gasteiger partial charge in [-0.1, -0.05) is 13.8 Å². The summed E-state index contributed by atoms with van der Waals surface area (Å²) in [5.74, 6) is -0.945. The third-order valence-electron chi connectivity index (χ3n) is 2.54. The Morgan fingerprint density at radius 2 is 1.14 bits per heavy atom. The van der Waals surface area contributed by atoms with E-state index >= 15 is 0 Å². The van der Waals surface area contributed by atoms with Crippen molar-refractivity contribution < 1.29 is 48.3 Å². The molecule has 0 aliphatic carbocycles. The smallest absolute Gasteiger partial charge is 0.393 e. The van der Waals surface area contributed by atoms with E-state index in [1.54, 1.807) is 0 Å². The van der Waals surface area contributed by atoms with E-state index in [1.165, 1.54) is 13.8 Å². The Morgan fingerprint density at radius 1 is 0.857 bits per heavy atom. The predicted octanol–water partition coefficient (Wildman–Crippen LogP) is 1.59. The maximum Gasteiger partial charge on any atom is 0.498 e. The zero-order valence-electron chi connectivity index (χ0n) is 10.6. The van der Waals surface area contributed by atoms with Crippen molar-refractivity contribution in [3.63, 3.8) is 0 Å². The molecule has 1 atom stereocenters. The highest BCUT2D eigenvalue weighted by molar-refractivity contribution is 8.09. The van der Waals surface area contributed by atoms with E-state index in [2.05, 4.69) is 0 Å². The van der Waals surface area contributed by atoms with Gasteiger partial charge in [-0.05, 0) is 5.92 Å². The molecule has 0 bridgehead atoms.